The largest absolute Gasteiger partial charge is 0.494 e. The second-order valence-electron chi connectivity index (χ2n) is 2.49. The van der Waals surface area contributed by atoms with Crippen molar-refractivity contribution in [3.63, 3.8) is 0 Å². The van der Waals surface area contributed by atoms with Gasteiger partial charge in [0.1, 0.15) is 5.75 Å². The Balaban J connectivity index is 0.000000791. The van der Waals surface area contributed by atoms with Gasteiger partial charge in [-0.2, -0.15) is 5.26 Å². The molecular formula is C12H17NO. The van der Waals surface area contributed by atoms with Crippen LogP contribution in [0, 0.1) is 11.3 Å². The van der Waals surface area contributed by atoms with E-state index in [0.717, 1.165) is 12.2 Å². The molecule has 0 radical (unpaired) electrons. The summed E-state index contributed by atoms with van der Waals surface area (Å²) in [5.41, 5.74) is 0.642. The lowest BCUT2D eigenvalue weighted by molar-refractivity contribution is 0.317. The van der Waals surface area contributed by atoms with Crippen LogP contribution in [-0.4, -0.2) is 6.61 Å². The number of benzene rings is 1. The Hall–Kier alpha value is -1.49. The molecule has 0 aliphatic rings. The zero-order valence-electron chi connectivity index (χ0n) is 9.08. The van der Waals surface area contributed by atoms with Crippen LogP contribution < -0.4 is 4.74 Å². The van der Waals surface area contributed by atoms with E-state index < -0.39 is 0 Å². The maximum absolute atomic E-state index is 8.58. The van der Waals surface area contributed by atoms with Crippen LogP contribution >= 0.6 is 0 Å². The summed E-state index contributed by atoms with van der Waals surface area (Å²) in [7, 11) is 0. The summed E-state index contributed by atoms with van der Waals surface area (Å²) in [4.78, 5) is 0. The maximum Gasteiger partial charge on any atom is 0.120 e. The van der Waals surface area contributed by atoms with E-state index in [1.165, 1.54) is 0 Å². The van der Waals surface area contributed by atoms with E-state index in [-0.39, 0.29) is 0 Å². The lowest BCUT2D eigenvalue weighted by atomic mass is 10.2. The molecule has 0 bridgehead atoms. The Morgan fingerprint density at radius 3 is 2.64 bits per heavy atom. The molecule has 0 saturated heterocycles. The van der Waals surface area contributed by atoms with Crippen molar-refractivity contribution < 1.29 is 4.74 Å². The molecule has 0 N–H and O–H groups in total. The van der Waals surface area contributed by atoms with Gasteiger partial charge in [0.05, 0.1) is 18.2 Å². The first kappa shape index (κ1) is 12.5. The van der Waals surface area contributed by atoms with Crippen LogP contribution in [-0.2, 0) is 0 Å². The van der Waals surface area contributed by atoms with E-state index in [9.17, 15) is 0 Å². The standard InChI is InChI=1S/C10H11NO.C2H6/c1-2-6-12-10-5-3-4-9(7-10)8-11;1-2/h3-5,7H,2,6H2,1H3;1-2H3. The lowest BCUT2D eigenvalue weighted by Gasteiger charge is -2.03. The number of rotatable bonds is 3. The third-order valence-electron chi connectivity index (χ3n) is 1.44. The van der Waals surface area contributed by atoms with Crippen molar-refractivity contribution in [1.82, 2.24) is 0 Å². The van der Waals surface area contributed by atoms with E-state index >= 15 is 0 Å². The molecule has 0 spiro atoms. The summed E-state index contributed by atoms with van der Waals surface area (Å²) in [5.74, 6) is 0.774. The Bertz CT molecular complexity index is 289. The molecule has 0 heterocycles. The number of hydrogen-bond donors (Lipinski definition) is 0. The molecule has 76 valence electrons. The first-order chi connectivity index (χ1) is 6.86. The molecule has 0 unspecified atom stereocenters. The minimum absolute atomic E-state index is 0.642. The van der Waals surface area contributed by atoms with Crippen molar-refractivity contribution in [1.29, 1.82) is 5.26 Å². The average molecular weight is 191 g/mol. The summed E-state index contributed by atoms with van der Waals surface area (Å²) < 4.78 is 5.35. The van der Waals surface area contributed by atoms with Gasteiger partial charge in [0.2, 0.25) is 0 Å². The molecule has 0 aliphatic heterocycles. The third-order valence-corrected chi connectivity index (χ3v) is 1.44. The summed E-state index contributed by atoms with van der Waals surface area (Å²) in [6.07, 6.45) is 0.983. The highest BCUT2D eigenvalue weighted by atomic mass is 16.5. The lowest BCUT2D eigenvalue weighted by Crippen LogP contribution is -1.94. The van der Waals surface area contributed by atoms with Gasteiger partial charge in [-0.25, -0.2) is 0 Å². The second-order valence-corrected chi connectivity index (χ2v) is 2.49. The molecule has 0 aliphatic carbocycles. The van der Waals surface area contributed by atoms with E-state index in [2.05, 4.69) is 6.07 Å². The van der Waals surface area contributed by atoms with Crippen LogP contribution in [0.4, 0.5) is 0 Å². The van der Waals surface area contributed by atoms with Crippen molar-refractivity contribution in [2.75, 3.05) is 6.61 Å². The zero-order valence-corrected chi connectivity index (χ0v) is 9.08. The van der Waals surface area contributed by atoms with Gasteiger partial charge in [-0.05, 0) is 24.6 Å². The fourth-order valence-electron chi connectivity index (χ4n) is 0.875. The van der Waals surface area contributed by atoms with Crippen LogP contribution in [0.15, 0.2) is 24.3 Å². The van der Waals surface area contributed by atoms with E-state index in [1.54, 1.807) is 12.1 Å². The van der Waals surface area contributed by atoms with Crippen LogP contribution in [0.25, 0.3) is 0 Å². The highest BCUT2D eigenvalue weighted by Gasteiger charge is 1.93. The summed E-state index contributed by atoms with van der Waals surface area (Å²) in [6, 6.07) is 9.25. The van der Waals surface area contributed by atoms with Crippen molar-refractivity contribution >= 4 is 0 Å². The smallest absolute Gasteiger partial charge is 0.120 e. The molecule has 14 heavy (non-hydrogen) atoms. The van der Waals surface area contributed by atoms with E-state index in [0.29, 0.717) is 12.2 Å². The Kier molecular flexibility index (Phi) is 7.26. The molecule has 2 heteroatoms. The third kappa shape index (κ3) is 4.51. The molecule has 0 amide bonds. The van der Waals surface area contributed by atoms with E-state index in [4.69, 9.17) is 10.00 Å². The predicted octanol–water partition coefficient (Wildman–Crippen LogP) is 3.37. The molecule has 1 aromatic carbocycles. The first-order valence-corrected chi connectivity index (χ1v) is 4.99. The first-order valence-electron chi connectivity index (χ1n) is 4.99. The molecule has 1 rings (SSSR count). The van der Waals surface area contributed by atoms with Crippen molar-refractivity contribution in [2.45, 2.75) is 27.2 Å². The van der Waals surface area contributed by atoms with Crippen molar-refractivity contribution in [3.8, 4) is 11.8 Å². The average Bonchev–Trinajstić information content (AvgIpc) is 2.29. The Morgan fingerprint density at radius 1 is 1.36 bits per heavy atom. The van der Waals surface area contributed by atoms with Crippen molar-refractivity contribution in [3.05, 3.63) is 29.8 Å². The fourth-order valence-corrected chi connectivity index (χ4v) is 0.875. The SMILES string of the molecule is CC.CCCOc1cccc(C#N)c1. The van der Waals surface area contributed by atoms with Gasteiger partial charge in [0, 0.05) is 0 Å². The minimum Gasteiger partial charge on any atom is -0.494 e. The molecule has 0 fully saturated rings. The molecule has 2 nitrogen and oxygen atoms in total. The number of nitriles is 1. The van der Waals surface area contributed by atoms with Crippen LogP contribution in [0.5, 0.6) is 5.75 Å². The number of nitrogens with zero attached hydrogens (tertiary/aromatic N) is 1. The topological polar surface area (TPSA) is 33.0 Å². The maximum atomic E-state index is 8.58. The number of hydrogen-bond acceptors (Lipinski definition) is 2. The molecule has 0 atom stereocenters. The van der Waals surface area contributed by atoms with Gasteiger partial charge < -0.3 is 4.74 Å². The van der Waals surface area contributed by atoms with Gasteiger partial charge in [0.25, 0.3) is 0 Å². The zero-order chi connectivity index (χ0) is 10.8. The van der Waals surface area contributed by atoms with E-state index in [1.807, 2.05) is 32.9 Å². The molecular weight excluding hydrogens is 174 g/mol. The molecule has 0 aromatic heterocycles. The van der Waals surface area contributed by atoms with Gasteiger partial charge in [0.15, 0.2) is 0 Å². The molecule has 0 saturated carbocycles. The monoisotopic (exact) mass is 191 g/mol. The molecule has 1 aromatic rings. The fraction of sp³-hybridized carbons (Fsp3) is 0.417. The number of ether oxygens (including phenoxy) is 1. The highest BCUT2D eigenvalue weighted by Crippen LogP contribution is 2.12. The minimum atomic E-state index is 0.642. The Morgan fingerprint density at radius 2 is 2.07 bits per heavy atom. The van der Waals surface area contributed by atoms with Gasteiger partial charge in [-0.15, -0.1) is 0 Å². The van der Waals surface area contributed by atoms with Gasteiger partial charge >= 0.3 is 0 Å². The van der Waals surface area contributed by atoms with Crippen molar-refractivity contribution in [2.24, 2.45) is 0 Å². The summed E-state index contributed by atoms with van der Waals surface area (Å²) in [6.45, 7) is 6.75. The normalized spacial score (nSPS) is 8.14. The van der Waals surface area contributed by atoms with Gasteiger partial charge in [-0.3, -0.25) is 0 Å². The Labute approximate surface area is 86.1 Å². The highest BCUT2D eigenvalue weighted by molar-refractivity contribution is 5.36. The van der Waals surface area contributed by atoms with Crippen LogP contribution in [0.1, 0.15) is 32.8 Å². The van der Waals surface area contributed by atoms with Crippen LogP contribution in [0.2, 0.25) is 0 Å². The quantitative estimate of drug-likeness (QED) is 0.733. The second kappa shape index (κ2) is 8.12. The van der Waals surface area contributed by atoms with Gasteiger partial charge in [-0.1, -0.05) is 26.8 Å². The summed E-state index contributed by atoms with van der Waals surface area (Å²) >= 11 is 0. The van der Waals surface area contributed by atoms with Crippen LogP contribution in [0.3, 0.4) is 0 Å². The summed E-state index contributed by atoms with van der Waals surface area (Å²) in [5, 5.41) is 8.58. The predicted molar refractivity (Wildman–Crippen MR) is 58.3 cm³/mol.